The zero-order valence-electron chi connectivity index (χ0n) is 9.32. The molecule has 14 heavy (non-hydrogen) atoms. The van der Waals surface area contributed by atoms with E-state index in [4.69, 9.17) is 5.73 Å². The minimum Gasteiger partial charge on any atom is -0.324 e. The Bertz CT molecular complexity index is 192. The molecular weight excluding hydrogens is 184 g/mol. The number of halogens is 2. The van der Waals surface area contributed by atoms with Crippen molar-refractivity contribution in [1.29, 1.82) is 0 Å². The van der Waals surface area contributed by atoms with Crippen LogP contribution in [0.2, 0.25) is 0 Å². The molecular formula is C11H21F2N. The van der Waals surface area contributed by atoms with Crippen molar-refractivity contribution in [3.8, 4) is 0 Å². The molecule has 2 atom stereocenters. The van der Waals surface area contributed by atoms with E-state index < -0.39 is 11.8 Å². The number of nitrogens with two attached hydrogens (primary N) is 1. The lowest BCUT2D eigenvalue weighted by molar-refractivity contribution is -0.00766. The summed E-state index contributed by atoms with van der Waals surface area (Å²) in [6.07, 6.45) is -0.740. The molecule has 1 nitrogen and oxygen atoms in total. The van der Waals surface area contributed by atoms with Gasteiger partial charge in [-0.3, -0.25) is 0 Å². The Morgan fingerprint density at radius 2 is 2.00 bits per heavy atom. The molecule has 0 aliphatic rings. The lowest BCUT2D eigenvalue weighted by Crippen LogP contribution is -2.35. The molecule has 2 N–H and O–H groups in total. The first-order valence-corrected chi connectivity index (χ1v) is 5.02. The molecule has 0 aliphatic carbocycles. The summed E-state index contributed by atoms with van der Waals surface area (Å²) in [6.45, 7) is 8.98. The number of alkyl halides is 2. The van der Waals surface area contributed by atoms with Gasteiger partial charge in [-0.05, 0) is 19.8 Å². The standard InChI is InChI=1S/C11H21F2N/c1-5-6-11(4,10(12)13)7-9(14)8(2)3/h9-10H,2,5-7,14H2,1,3-4H3/t9?,11-/m0/s1. The van der Waals surface area contributed by atoms with Crippen LogP contribution in [0.5, 0.6) is 0 Å². The SMILES string of the molecule is C=C(C)C(N)C[C@](C)(CCC)C(F)F. The Hall–Kier alpha value is -0.440. The highest BCUT2D eigenvalue weighted by Gasteiger charge is 2.35. The molecule has 0 aliphatic heterocycles. The Morgan fingerprint density at radius 3 is 2.29 bits per heavy atom. The van der Waals surface area contributed by atoms with E-state index in [-0.39, 0.29) is 6.04 Å². The van der Waals surface area contributed by atoms with E-state index in [9.17, 15) is 8.78 Å². The van der Waals surface area contributed by atoms with E-state index in [1.54, 1.807) is 13.8 Å². The molecule has 0 aromatic carbocycles. The summed E-state index contributed by atoms with van der Waals surface area (Å²) in [5, 5.41) is 0. The molecule has 0 aromatic heterocycles. The molecule has 0 radical (unpaired) electrons. The van der Waals surface area contributed by atoms with Gasteiger partial charge in [0.25, 0.3) is 0 Å². The second-order valence-corrected chi connectivity index (χ2v) is 4.36. The van der Waals surface area contributed by atoms with E-state index in [1.807, 2.05) is 6.92 Å². The Balaban J connectivity index is 4.43. The molecule has 84 valence electrons. The predicted molar refractivity (Wildman–Crippen MR) is 56.4 cm³/mol. The van der Waals surface area contributed by atoms with Gasteiger partial charge in [0.2, 0.25) is 6.43 Å². The largest absolute Gasteiger partial charge is 0.324 e. The average Bonchev–Trinajstić information content (AvgIpc) is 2.03. The average molecular weight is 205 g/mol. The predicted octanol–water partition coefficient (Wildman–Crippen LogP) is 3.35. The van der Waals surface area contributed by atoms with Crippen LogP contribution in [0, 0.1) is 5.41 Å². The maximum Gasteiger partial charge on any atom is 0.243 e. The number of hydrogen-bond acceptors (Lipinski definition) is 1. The number of hydrogen-bond donors (Lipinski definition) is 1. The summed E-state index contributed by atoms with van der Waals surface area (Å²) in [4.78, 5) is 0. The second kappa shape index (κ2) is 5.44. The molecule has 0 fully saturated rings. The zero-order chi connectivity index (χ0) is 11.4. The third kappa shape index (κ3) is 3.74. The van der Waals surface area contributed by atoms with Crippen molar-refractivity contribution in [2.45, 2.75) is 52.5 Å². The minimum absolute atomic E-state index is 0.313. The summed E-state index contributed by atoms with van der Waals surface area (Å²) < 4.78 is 25.6. The van der Waals surface area contributed by atoms with Crippen LogP contribution in [-0.2, 0) is 0 Å². The fourth-order valence-corrected chi connectivity index (χ4v) is 1.55. The molecule has 0 saturated carbocycles. The smallest absolute Gasteiger partial charge is 0.243 e. The fraction of sp³-hybridized carbons (Fsp3) is 0.818. The third-order valence-corrected chi connectivity index (χ3v) is 2.67. The van der Waals surface area contributed by atoms with Crippen molar-refractivity contribution in [2.75, 3.05) is 0 Å². The van der Waals surface area contributed by atoms with Crippen molar-refractivity contribution in [3.05, 3.63) is 12.2 Å². The second-order valence-electron chi connectivity index (χ2n) is 4.36. The lowest BCUT2D eigenvalue weighted by atomic mass is 9.79. The number of rotatable bonds is 6. The van der Waals surface area contributed by atoms with E-state index >= 15 is 0 Å². The molecule has 0 aromatic rings. The first-order chi connectivity index (χ1) is 6.33. The van der Waals surface area contributed by atoms with Gasteiger partial charge in [-0.1, -0.05) is 32.4 Å². The van der Waals surface area contributed by atoms with E-state index in [1.165, 1.54) is 0 Å². The topological polar surface area (TPSA) is 26.0 Å². The molecule has 0 bridgehead atoms. The first kappa shape index (κ1) is 13.6. The molecule has 0 spiro atoms. The summed E-state index contributed by atoms with van der Waals surface area (Å²) in [6, 6.07) is -0.319. The van der Waals surface area contributed by atoms with Gasteiger partial charge < -0.3 is 5.73 Å². The van der Waals surface area contributed by atoms with Crippen molar-refractivity contribution in [1.82, 2.24) is 0 Å². The van der Waals surface area contributed by atoms with Gasteiger partial charge >= 0.3 is 0 Å². The summed E-state index contributed by atoms with van der Waals surface area (Å²) in [5.74, 6) is 0. The highest BCUT2D eigenvalue weighted by Crippen LogP contribution is 2.36. The summed E-state index contributed by atoms with van der Waals surface area (Å²) in [7, 11) is 0. The van der Waals surface area contributed by atoms with Gasteiger partial charge in [-0.15, -0.1) is 0 Å². The highest BCUT2D eigenvalue weighted by molar-refractivity contribution is 5.02. The van der Waals surface area contributed by atoms with Gasteiger partial charge in [0.15, 0.2) is 0 Å². The van der Waals surface area contributed by atoms with Crippen LogP contribution in [0.4, 0.5) is 8.78 Å². The quantitative estimate of drug-likeness (QED) is 0.661. The summed E-state index contributed by atoms with van der Waals surface area (Å²) >= 11 is 0. The van der Waals surface area contributed by atoms with Crippen molar-refractivity contribution < 1.29 is 8.78 Å². The maximum atomic E-state index is 12.8. The van der Waals surface area contributed by atoms with Gasteiger partial charge in [0.05, 0.1) is 0 Å². The van der Waals surface area contributed by atoms with Gasteiger partial charge in [-0.25, -0.2) is 8.78 Å². The monoisotopic (exact) mass is 205 g/mol. The molecule has 0 saturated heterocycles. The van der Waals surface area contributed by atoms with E-state index in [0.29, 0.717) is 12.8 Å². The first-order valence-electron chi connectivity index (χ1n) is 5.02. The van der Waals surface area contributed by atoms with Crippen LogP contribution in [0.3, 0.4) is 0 Å². The van der Waals surface area contributed by atoms with Crippen molar-refractivity contribution in [3.63, 3.8) is 0 Å². The van der Waals surface area contributed by atoms with Gasteiger partial charge in [0.1, 0.15) is 0 Å². The summed E-state index contributed by atoms with van der Waals surface area (Å²) in [5.41, 5.74) is 5.54. The lowest BCUT2D eigenvalue weighted by Gasteiger charge is -2.31. The minimum atomic E-state index is -2.31. The normalized spacial score (nSPS) is 17.9. The maximum absolute atomic E-state index is 12.8. The molecule has 1 unspecified atom stereocenters. The Labute approximate surface area is 85.4 Å². The van der Waals surface area contributed by atoms with E-state index in [2.05, 4.69) is 6.58 Å². The zero-order valence-corrected chi connectivity index (χ0v) is 9.32. The molecule has 0 rings (SSSR count). The van der Waals surface area contributed by atoms with Crippen LogP contribution in [-0.4, -0.2) is 12.5 Å². The third-order valence-electron chi connectivity index (χ3n) is 2.67. The van der Waals surface area contributed by atoms with Gasteiger partial charge in [-0.2, -0.15) is 0 Å². The van der Waals surface area contributed by atoms with Crippen LogP contribution >= 0.6 is 0 Å². The van der Waals surface area contributed by atoms with E-state index in [0.717, 1.165) is 12.0 Å². The van der Waals surface area contributed by atoms with Crippen LogP contribution in [0.15, 0.2) is 12.2 Å². The molecule has 0 heterocycles. The van der Waals surface area contributed by atoms with Crippen molar-refractivity contribution >= 4 is 0 Å². The van der Waals surface area contributed by atoms with Crippen molar-refractivity contribution in [2.24, 2.45) is 11.1 Å². The van der Waals surface area contributed by atoms with Crippen LogP contribution in [0.25, 0.3) is 0 Å². The Morgan fingerprint density at radius 1 is 1.50 bits per heavy atom. The fourth-order valence-electron chi connectivity index (χ4n) is 1.55. The van der Waals surface area contributed by atoms with Crippen LogP contribution < -0.4 is 5.73 Å². The van der Waals surface area contributed by atoms with Gasteiger partial charge in [0, 0.05) is 11.5 Å². The Kier molecular flexibility index (Phi) is 5.27. The molecule has 0 amide bonds. The molecule has 3 heteroatoms. The van der Waals surface area contributed by atoms with Crippen LogP contribution in [0.1, 0.15) is 40.0 Å². The highest BCUT2D eigenvalue weighted by atomic mass is 19.3.